The molecule has 0 bridgehead atoms. The van der Waals surface area contributed by atoms with Crippen molar-refractivity contribution in [2.45, 2.75) is 4.90 Å². The van der Waals surface area contributed by atoms with Gasteiger partial charge in [0, 0.05) is 31.7 Å². The molecule has 1 saturated heterocycles. The predicted molar refractivity (Wildman–Crippen MR) is 102 cm³/mol. The molecule has 2 aromatic rings. The highest BCUT2D eigenvalue weighted by Crippen LogP contribution is 2.18. The highest BCUT2D eigenvalue weighted by molar-refractivity contribution is 7.92. The second-order valence-corrected chi connectivity index (χ2v) is 7.94. The van der Waals surface area contributed by atoms with Gasteiger partial charge in [0.25, 0.3) is 15.9 Å². The highest BCUT2D eigenvalue weighted by Gasteiger charge is 2.22. The van der Waals surface area contributed by atoms with Crippen LogP contribution in [-0.2, 0) is 14.8 Å². The molecule has 0 aromatic heterocycles. The van der Waals surface area contributed by atoms with Crippen LogP contribution in [0.3, 0.4) is 0 Å². The van der Waals surface area contributed by atoms with Crippen molar-refractivity contribution in [3.05, 3.63) is 59.7 Å². The second-order valence-electron chi connectivity index (χ2n) is 6.26. The molecule has 0 atom stereocenters. The van der Waals surface area contributed by atoms with Crippen LogP contribution >= 0.6 is 0 Å². The van der Waals surface area contributed by atoms with Crippen LogP contribution in [0.4, 0.5) is 5.69 Å². The van der Waals surface area contributed by atoms with Crippen LogP contribution in [0, 0.1) is 11.3 Å². The van der Waals surface area contributed by atoms with Crippen molar-refractivity contribution in [2.75, 3.05) is 30.9 Å². The summed E-state index contributed by atoms with van der Waals surface area (Å²) in [6.07, 6.45) is 0.765. The Kier molecular flexibility index (Phi) is 5.61. The number of anilines is 1. The van der Waals surface area contributed by atoms with Crippen LogP contribution in [0.25, 0.3) is 0 Å². The van der Waals surface area contributed by atoms with E-state index in [-0.39, 0.29) is 16.5 Å². The second kappa shape index (κ2) is 8.10. The third-order valence-electron chi connectivity index (χ3n) is 4.41. The maximum atomic E-state index is 12.5. The lowest BCUT2D eigenvalue weighted by molar-refractivity contribution is -0.119. The van der Waals surface area contributed by atoms with E-state index in [0.29, 0.717) is 37.3 Å². The molecule has 144 valence electrons. The van der Waals surface area contributed by atoms with Crippen molar-refractivity contribution in [1.82, 2.24) is 9.80 Å². The molecule has 1 heterocycles. The van der Waals surface area contributed by atoms with Gasteiger partial charge in [-0.15, -0.1) is 0 Å². The minimum Gasteiger partial charge on any atom is -0.342 e. The third-order valence-corrected chi connectivity index (χ3v) is 5.80. The Hall–Kier alpha value is -3.38. The maximum Gasteiger partial charge on any atom is 0.261 e. The molecule has 0 radical (unpaired) electrons. The first-order chi connectivity index (χ1) is 13.4. The number of rotatable bonds is 5. The van der Waals surface area contributed by atoms with Gasteiger partial charge in [-0.2, -0.15) is 5.26 Å². The largest absolute Gasteiger partial charge is 0.342 e. The van der Waals surface area contributed by atoms with Crippen LogP contribution < -0.4 is 4.72 Å². The summed E-state index contributed by atoms with van der Waals surface area (Å²) in [5, 5.41) is 8.91. The lowest BCUT2D eigenvalue weighted by Gasteiger charge is -2.32. The molecular weight excluding hydrogens is 380 g/mol. The summed E-state index contributed by atoms with van der Waals surface area (Å²) >= 11 is 0. The monoisotopic (exact) mass is 398 g/mol. The van der Waals surface area contributed by atoms with Gasteiger partial charge >= 0.3 is 0 Å². The van der Waals surface area contributed by atoms with E-state index in [1.165, 1.54) is 30.3 Å². The van der Waals surface area contributed by atoms with Crippen LogP contribution in [0.15, 0.2) is 53.4 Å². The Morgan fingerprint density at radius 1 is 1.07 bits per heavy atom. The fourth-order valence-corrected chi connectivity index (χ4v) is 3.91. The first-order valence-corrected chi connectivity index (χ1v) is 10.0. The smallest absolute Gasteiger partial charge is 0.261 e. The van der Waals surface area contributed by atoms with Gasteiger partial charge in [0.2, 0.25) is 6.41 Å². The number of amides is 2. The first-order valence-electron chi connectivity index (χ1n) is 8.54. The molecule has 0 spiro atoms. The molecule has 9 heteroatoms. The van der Waals surface area contributed by atoms with E-state index in [2.05, 4.69) is 4.72 Å². The summed E-state index contributed by atoms with van der Waals surface area (Å²) in [5.74, 6) is -0.204. The highest BCUT2D eigenvalue weighted by atomic mass is 32.2. The lowest BCUT2D eigenvalue weighted by Crippen LogP contribution is -2.48. The zero-order valence-corrected chi connectivity index (χ0v) is 15.7. The number of piperazine rings is 1. The van der Waals surface area contributed by atoms with Gasteiger partial charge in [-0.05, 0) is 42.5 Å². The van der Waals surface area contributed by atoms with E-state index in [0.717, 1.165) is 6.41 Å². The SMILES string of the molecule is N#Cc1cccc(NS(=O)(=O)c2ccc(C(=O)N3CCN(C=O)CC3)cc2)c1. The fraction of sp³-hybridized carbons (Fsp3) is 0.211. The summed E-state index contributed by atoms with van der Waals surface area (Å²) < 4.78 is 27.5. The molecule has 1 N–H and O–H groups in total. The number of benzene rings is 2. The zero-order chi connectivity index (χ0) is 20.1. The molecule has 2 amide bonds. The number of nitrogens with one attached hydrogen (secondary N) is 1. The molecule has 1 fully saturated rings. The molecule has 0 unspecified atom stereocenters. The molecule has 1 aliphatic heterocycles. The van der Waals surface area contributed by atoms with Gasteiger partial charge in [-0.25, -0.2) is 8.42 Å². The molecule has 8 nitrogen and oxygen atoms in total. The Morgan fingerprint density at radius 2 is 1.75 bits per heavy atom. The minimum absolute atomic E-state index is 0.0113. The van der Waals surface area contributed by atoms with E-state index in [1.54, 1.807) is 28.0 Å². The number of sulfonamides is 1. The van der Waals surface area contributed by atoms with Crippen LogP contribution in [0.5, 0.6) is 0 Å². The van der Waals surface area contributed by atoms with Crippen molar-refractivity contribution in [3.8, 4) is 6.07 Å². The van der Waals surface area contributed by atoms with Crippen LogP contribution in [-0.4, -0.2) is 56.7 Å². The normalized spacial score (nSPS) is 14.2. The molecule has 0 saturated carbocycles. The van der Waals surface area contributed by atoms with Crippen molar-refractivity contribution < 1.29 is 18.0 Å². The zero-order valence-electron chi connectivity index (χ0n) is 14.9. The molecular formula is C19H18N4O4S. The number of nitriles is 1. The quantitative estimate of drug-likeness (QED) is 0.763. The van der Waals surface area contributed by atoms with Crippen LogP contribution in [0.2, 0.25) is 0 Å². The van der Waals surface area contributed by atoms with Gasteiger partial charge in [0.05, 0.1) is 22.2 Å². The molecule has 0 aliphatic carbocycles. The summed E-state index contributed by atoms with van der Waals surface area (Å²) in [6, 6.07) is 13.8. The number of carbonyl (C=O) groups excluding carboxylic acids is 2. The number of nitrogens with zero attached hydrogens (tertiary/aromatic N) is 3. The predicted octanol–water partition coefficient (Wildman–Crippen LogP) is 1.27. The van der Waals surface area contributed by atoms with E-state index in [4.69, 9.17) is 5.26 Å². The summed E-state index contributed by atoms with van der Waals surface area (Å²) in [6.45, 7) is 1.84. The molecule has 2 aromatic carbocycles. The van der Waals surface area contributed by atoms with E-state index < -0.39 is 10.0 Å². The van der Waals surface area contributed by atoms with Crippen molar-refractivity contribution in [3.63, 3.8) is 0 Å². The summed E-state index contributed by atoms with van der Waals surface area (Å²) in [7, 11) is -3.85. The minimum atomic E-state index is -3.85. The summed E-state index contributed by atoms with van der Waals surface area (Å²) in [5.41, 5.74) is 1.01. The first kappa shape index (κ1) is 19.4. The lowest BCUT2D eigenvalue weighted by atomic mass is 10.2. The molecule has 3 rings (SSSR count). The standard InChI is InChI=1S/C19H18N4O4S/c20-13-15-2-1-3-17(12-15)21-28(26,27)18-6-4-16(5-7-18)19(25)23-10-8-22(14-24)9-11-23/h1-7,12,14,21H,8-11H2. The number of carbonyl (C=O) groups is 2. The van der Waals surface area contributed by atoms with Crippen molar-refractivity contribution in [1.29, 1.82) is 5.26 Å². The van der Waals surface area contributed by atoms with Gasteiger partial charge in [-0.1, -0.05) is 6.07 Å². The van der Waals surface area contributed by atoms with E-state index >= 15 is 0 Å². The maximum absolute atomic E-state index is 12.5. The topological polar surface area (TPSA) is 111 Å². The summed E-state index contributed by atoms with van der Waals surface area (Å²) in [4.78, 5) is 26.5. The Morgan fingerprint density at radius 3 is 2.36 bits per heavy atom. The average molecular weight is 398 g/mol. The Labute approximate surface area is 163 Å². The fourth-order valence-electron chi connectivity index (χ4n) is 2.86. The third kappa shape index (κ3) is 4.29. The number of hydrogen-bond acceptors (Lipinski definition) is 5. The molecule has 1 aliphatic rings. The number of hydrogen-bond donors (Lipinski definition) is 1. The molecule has 28 heavy (non-hydrogen) atoms. The Balaban J connectivity index is 1.71. The van der Waals surface area contributed by atoms with Gasteiger partial charge in [-0.3, -0.25) is 14.3 Å². The van der Waals surface area contributed by atoms with E-state index in [1.807, 2.05) is 6.07 Å². The van der Waals surface area contributed by atoms with E-state index in [9.17, 15) is 18.0 Å². The van der Waals surface area contributed by atoms with Gasteiger partial charge < -0.3 is 9.80 Å². The van der Waals surface area contributed by atoms with Crippen molar-refractivity contribution >= 4 is 28.0 Å². The van der Waals surface area contributed by atoms with Crippen molar-refractivity contribution in [2.24, 2.45) is 0 Å². The Bertz CT molecular complexity index is 1020. The average Bonchev–Trinajstić information content (AvgIpc) is 2.73. The van der Waals surface area contributed by atoms with Gasteiger partial charge in [0.1, 0.15) is 0 Å². The van der Waals surface area contributed by atoms with Gasteiger partial charge in [0.15, 0.2) is 0 Å². The van der Waals surface area contributed by atoms with Crippen LogP contribution in [0.1, 0.15) is 15.9 Å².